The van der Waals surface area contributed by atoms with Crippen molar-refractivity contribution in [3.8, 4) is 5.75 Å². The van der Waals surface area contributed by atoms with Crippen LogP contribution in [0.4, 0.5) is 0 Å². The molecule has 0 spiro atoms. The summed E-state index contributed by atoms with van der Waals surface area (Å²) in [7, 11) is 2.19. The number of likely N-dealkylation sites (N-methyl/N-ethyl adjacent to an activating group) is 1. The van der Waals surface area contributed by atoms with Gasteiger partial charge in [0.25, 0.3) is 0 Å². The maximum atomic E-state index is 10.6. The molecule has 2 rings (SSSR count). The second-order valence-corrected chi connectivity index (χ2v) is 5.79. The van der Waals surface area contributed by atoms with E-state index in [1.165, 1.54) is 0 Å². The summed E-state index contributed by atoms with van der Waals surface area (Å²) in [5.41, 5.74) is 0.895. The molecule has 4 nitrogen and oxygen atoms in total. The highest BCUT2D eigenvalue weighted by Crippen LogP contribution is 2.26. The summed E-state index contributed by atoms with van der Waals surface area (Å²) < 4.78 is 5.62. The molecule has 2 atom stereocenters. The molecule has 1 saturated heterocycles. The summed E-state index contributed by atoms with van der Waals surface area (Å²) in [6.07, 6.45) is 0.659. The first-order chi connectivity index (χ1) is 10.2. The van der Waals surface area contributed by atoms with Crippen molar-refractivity contribution in [2.24, 2.45) is 0 Å². The first-order valence-electron chi connectivity index (χ1n) is 7.98. The van der Waals surface area contributed by atoms with Gasteiger partial charge in [-0.15, -0.1) is 0 Å². The molecule has 1 aromatic carbocycles. The quantitative estimate of drug-likeness (QED) is 0.871. The highest BCUT2D eigenvalue weighted by Gasteiger charge is 2.25. The molecule has 1 aliphatic heterocycles. The van der Waals surface area contributed by atoms with E-state index in [-0.39, 0.29) is 0 Å². The minimum atomic E-state index is -0.492. The maximum Gasteiger partial charge on any atom is 0.125 e. The van der Waals surface area contributed by atoms with Crippen LogP contribution in [-0.4, -0.2) is 60.8 Å². The van der Waals surface area contributed by atoms with E-state index in [2.05, 4.69) is 23.8 Å². The Morgan fingerprint density at radius 1 is 1.29 bits per heavy atom. The Kier molecular flexibility index (Phi) is 6.03. The van der Waals surface area contributed by atoms with E-state index < -0.39 is 6.10 Å². The fourth-order valence-electron chi connectivity index (χ4n) is 3.00. The standard InChI is InChI=1S/C17H28N2O2/c1-4-14-12-19(11-10-18(14)3)13-16(20)15-8-6-7-9-17(15)21-5-2/h6-9,14,16,20H,4-5,10-13H2,1-3H3. The van der Waals surface area contributed by atoms with Crippen LogP contribution >= 0.6 is 0 Å². The van der Waals surface area contributed by atoms with E-state index in [0.717, 1.165) is 37.4 Å². The Hall–Kier alpha value is -1.10. The number of aliphatic hydroxyl groups excluding tert-OH is 1. The molecule has 0 amide bonds. The number of hydrogen-bond donors (Lipinski definition) is 1. The third-order valence-corrected chi connectivity index (χ3v) is 4.34. The molecule has 118 valence electrons. The summed E-state index contributed by atoms with van der Waals surface area (Å²) in [5.74, 6) is 0.800. The van der Waals surface area contributed by atoms with Crippen molar-refractivity contribution in [2.75, 3.05) is 39.8 Å². The molecule has 21 heavy (non-hydrogen) atoms. The number of nitrogens with zero attached hydrogens (tertiary/aromatic N) is 2. The Bertz CT molecular complexity index is 439. The number of piperazine rings is 1. The van der Waals surface area contributed by atoms with Crippen molar-refractivity contribution in [1.82, 2.24) is 9.80 Å². The first-order valence-corrected chi connectivity index (χ1v) is 7.98. The summed E-state index contributed by atoms with van der Waals surface area (Å²) in [6, 6.07) is 8.39. The normalized spacial score (nSPS) is 22.2. The van der Waals surface area contributed by atoms with Gasteiger partial charge in [-0.3, -0.25) is 4.90 Å². The fourth-order valence-corrected chi connectivity index (χ4v) is 3.00. The van der Waals surface area contributed by atoms with Crippen molar-refractivity contribution < 1.29 is 9.84 Å². The van der Waals surface area contributed by atoms with Crippen LogP contribution in [0.2, 0.25) is 0 Å². The van der Waals surface area contributed by atoms with Gasteiger partial charge in [0.1, 0.15) is 5.75 Å². The summed E-state index contributed by atoms with van der Waals surface area (Å²) in [6.45, 7) is 8.60. The monoisotopic (exact) mass is 292 g/mol. The third kappa shape index (κ3) is 4.19. The lowest BCUT2D eigenvalue weighted by Crippen LogP contribution is -2.51. The van der Waals surface area contributed by atoms with Gasteiger partial charge in [-0.05, 0) is 26.5 Å². The maximum absolute atomic E-state index is 10.6. The van der Waals surface area contributed by atoms with Crippen LogP contribution in [0.25, 0.3) is 0 Å². The van der Waals surface area contributed by atoms with Crippen molar-refractivity contribution >= 4 is 0 Å². The molecule has 0 bridgehead atoms. The first kappa shape index (κ1) is 16.3. The highest BCUT2D eigenvalue weighted by molar-refractivity contribution is 5.35. The van der Waals surface area contributed by atoms with Crippen LogP contribution in [0.15, 0.2) is 24.3 Å². The van der Waals surface area contributed by atoms with Crippen LogP contribution in [-0.2, 0) is 0 Å². The van der Waals surface area contributed by atoms with Gasteiger partial charge in [-0.1, -0.05) is 25.1 Å². The molecule has 0 aliphatic carbocycles. The Balaban J connectivity index is 1.99. The number of aliphatic hydroxyl groups is 1. The minimum Gasteiger partial charge on any atom is -0.493 e. The van der Waals surface area contributed by atoms with Gasteiger partial charge in [-0.25, -0.2) is 0 Å². The van der Waals surface area contributed by atoms with E-state index in [4.69, 9.17) is 4.74 Å². The molecule has 2 unspecified atom stereocenters. The molecule has 0 radical (unpaired) electrons. The van der Waals surface area contributed by atoms with Gasteiger partial charge < -0.3 is 14.7 Å². The molecule has 1 heterocycles. The third-order valence-electron chi connectivity index (χ3n) is 4.34. The predicted octanol–water partition coefficient (Wildman–Crippen LogP) is 2.14. The number of rotatable bonds is 6. The molecule has 0 aromatic heterocycles. The number of ether oxygens (including phenoxy) is 1. The van der Waals surface area contributed by atoms with E-state index in [1.807, 2.05) is 31.2 Å². The Morgan fingerprint density at radius 2 is 2.05 bits per heavy atom. The van der Waals surface area contributed by atoms with Crippen LogP contribution < -0.4 is 4.74 Å². The number of para-hydroxylation sites is 1. The van der Waals surface area contributed by atoms with Crippen LogP contribution in [0.5, 0.6) is 5.75 Å². The van der Waals surface area contributed by atoms with Crippen LogP contribution in [0.3, 0.4) is 0 Å². The lowest BCUT2D eigenvalue weighted by atomic mass is 10.1. The fraction of sp³-hybridized carbons (Fsp3) is 0.647. The molecular weight excluding hydrogens is 264 g/mol. The lowest BCUT2D eigenvalue weighted by molar-refractivity contribution is 0.0492. The highest BCUT2D eigenvalue weighted by atomic mass is 16.5. The number of β-amino-alcohol motifs (C(OH)–C–C–N with tert-alkyl or cyclic N) is 1. The molecule has 1 aliphatic rings. The van der Waals surface area contributed by atoms with Gasteiger partial charge in [0, 0.05) is 37.8 Å². The van der Waals surface area contributed by atoms with E-state index in [1.54, 1.807) is 0 Å². The Morgan fingerprint density at radius 3 is 2.76 bits per heavy atom. The summed E-state index contributed by atoms with van der Waals surface area (Å²) in [5, 5.41) is 10.6. The van der Waals surface area contributed by atoms with Crippen LogP contribution in [0, 0.1) is 0 Å². The second kappa shape index (κ2) is 7.78. The van der Waals surface area contributed by atoms with Gasteiger partial charge in [0.05, 0.1) is 12.7 Å². The van der Waals surface area contributed by atoms with Crippen molar-refractivity contribution in [3.63, 3.8) is 0 Å². The molecule has 1 fully saturated rings. The number of hydrogen-bond acceptors (Lipinski definition) is 4. The lowest BCUT2D eigenvalue weighted by Gasteiger charge is -2.39. The zero-order chi connectivity index (χ0) is 15.2. The SMILES string of the molecule is CCOc1ccccc1C(O)CN1CCN(C)C(CC)C1. The molecule has 0 saturated carbocycles. The van der Waals surface area contributed by atoms with Crippen molar-refractivity contribution in [3.05, 3.63) is 29.8 Å². The smallest absolute Gasteiger partial charge is 0.125 e. The van der Waals surface area contributed by atoms with Gasteiger partial charge in [0.2, 0.25) is 0 Å². The largest absolute Gasteiger partial charge is 0.493 e. The van der Waals surface area contributed by atoms with Gasteiger partial charge >= 0.3 is 0 Å². The summed E-state index contributed by atoms with van der Waals surface area (Å²) >= 11 is 0. The zero-order valence-corrected chi connectivity index (χ0v) is 13.5. The molecule has 1 N–H and O–H groups in total. The molecule has 1 aromatic rings. The summed E-state index contributed by atoms with van der Waals surface area (Å²) in [4.78, 5) is 4.78. The van der Waals surface area contributed by atoms with E-state index in [9.17, 15) is 5.11 Å². The molecule has 4 heteroatoms. The van der Waals surface area contributed by atoms with Crippen molar-refractivity contribution in [2.45, 2.75) is 32.4 Å². The van der Waals surface area contributed by atoms with Gasteiger partial charge in [0.15, 0.2) is 0 Å². The zero-order valence-electron chi connectivity index (χ0n) is 13.5. The van der Waals surface area contributed by atoms with Crippen LogP contribution in [0.1, 0.15) is 31.9 Å². The topological polar surface area (TPSA) is 35.9 Å². The number of benzene rings is 1. The Labute approximate surface area is 128 Å². The predicted molar refractivity (Wildman–Crippen MR) is 85.7 cm³/mol. The van der Waals surface area contributed by atoms with Gasteiger partial charge in [-0.2, -0.15) is 0 Å². The second-order valence-electron chi connectivity index (χ2n) is 5.79. The molecular formula is C17H28N2O2. The average Bonchev–Trinajstić information content (AvgIpc) is 2.50. The van der Waals surface area contributed by atoms with E-state index in [0.29, 0.717) is 19.2 Å². The minimum absolute atomic E-state index is 0.492. The van der Waals surface area contributed by atoms with E-state index >= 15 is 0 Å². The average molecular weight is 292 g/mol. The van der Waals surface area contributed by atoms with Crippen molar-refractivity contribution in [1.29, 1.82) is 0 Å².